The summed E-state index contributed by atoms with van der Waals surface area (Å²) in [6.45, 7) is 0. The molecule has 3 rings (SSSR count). The highest BCUT2D eigenvalue weighted by Crippen LogP contribution is 2.32. The van der Waals surface area contributed by atoms with Crippen LogP contribution in [0.5, 0.6) is 0 Å². The minimum Gasteiger partial charge on any atom is -0.506 e. The highest BCUT2D eigenvalue weighted by Gasteiger charge is 2.19. The fraction of sp³-hybridized carbons (Fsp3) is 0. The second kappa shape index (κ2) is 6.92. The van der Waals surface area contributed by atoms with Crippen molar-refractivity contribution in [3.63, 3.8) is 0 Å². The van der Waals surface area contributed by atoms with Crippen LogP contribution in [0.2, 0.25) is 5.02 Å². The first-order valence-electron chi connectivity index (χ1n) is 7.10. The van der Waals surface area contributed by atoms with Crippen LogP contribution in [0.15, 0.2) is 47.3 Å². The van der Waals surface area contributed by atoms with Crippen LogP contribution >= 0.6 is 22.9 Å². The predicted molar refractivity (Wildman–Crippen MR) is 99.1 cm³/mol. The highest BCUT2D eigenvalue weighted by atomic mass is 35.5. The smallest absolute Gasteiger partial charge is 0.279 e. The summed E-state index contributed by atoms with van der Waals surface area (Å²) >= 11 is 7.05. The lowest BCUT2D eigenvalue weighted by molar-refractivity contribution is -0.384. The summed E-state index contributed by atoms with van der Waals surface area (Å²) in [7, 11) is 0. The number of non-ortho nitro benzene ring substituents is 1. The van der Waals surface area contributed by atoms with Crippen molar-refractivity contribution in [2.24, 2.45) is 0 Å². The molecule has 0 saturated heterocycles. The first-order chi connectivity index (χ1) is 12.4. The molecule has 9 heteroatoms. The zero-order chi connectivity index (χ0) is 18.8. The topological polar surface area (TPSA) is 117 Å². The van der Waals surface area contributed by atoms with Crippen molar-refractivity contribution in [2.45, 2.75) is 0 Å². The van der Waals surface area contributed by atoms with E-state index in [2.05, 4.69) is 4.98 Å². The molecule has 0 saturated carbocycles. The third-order valence-corrected chi connectivity index (χ3v) is 4.90. The molecule has 26 heavy (non-hydrogen) atoms. The van der Waals surface area contributed by atoms with Crippen molar-refractivity contribution in [3.8, 4) is 6.07 Å². The van der Waals surface area contributed by atoms with Crippen LogP contribution in [0.1, 0.15) is 10.6 Å². The zero-order valence-electron chi connectivity index (χ0n) is 12.8. The number of benzene rings is 2. The summed E-state index contributed by atoms with van der Waals surface area (Å²) in [6, 6.07) is 12.0. The molecule has 7 nitrogen and oxygen atoms in total. The number of nitro groups is 1. The quantitative estimate of drug-likeness (QED) is 0.313. The summed E-state index contributed by atoms with van der Waals surface area (Å²) in [5.41, 5.74) is -1.22. The van der Waals surface area contributed by atoms with Gasteiger partial charge in [-0.25, -0.2) is 0 Å². The molecule has 0 radical (unpaired) electrons. The van der Waals surface area contributed by atoms with E-state index in [1.807, 2.05) is 0 Å². The minimum absolute atomic E-state index is 0.00345. The summed E-state index contributed by atoms with van der Waals surface area (Å²) in [5, 5.41) is 31.3. The fourth-order valence-electron chi connectivity index (χ4n) is 2.26. The Balaban J connectivity index is 2.26. The molecule has 1 heterocycles. The van der Waals surface area contributed by atoms with E-state index in [1.54, 1.807) is 30.3 Å². The lowest BCUT2D eigenvalue weighted by Crippen LogP contribution is -2.07. The van der Waals surface area contributed by atoms with Crippen LogP contribution in [0.25, 0.3) is 21.4 Å². The van der Waals surface area contributed by atoms with Gasteiger partial charge in [0.1, 0.15) is 22.4 Å². The second-order valence-corrected chi connectivity index (χ2v) is 6.51. The molecule has 1 aromatic heterocycles. The molecule has 0 amide bonds. The third-order valence-electron chi connectivity index (χ3n) is 3.51. The molecular weight excluding hydrogens is 378 g/mol. The molecule has 1 N–H and O–H groups in total. The van der Waals surface area contributed by atoms with Gasteiger partial charge in [0.2, 0.25) is 0 Å². The van der Waals surface area contributed by atoms with Gasteiger partial charge < -0.3 is 5.11 Å². The van der Waals surface area contributed by atoms with Gasteiger partial charge in [-0.3, -0.25) is 14.9 Å². The maximum Gasteiger partial charge on any atom is 0.279 e. The average molecular weight is 386 g/mol. The van der Waals surface area contributed by atoms with Crippen LogP contribution in [0.3, 0.4) is 0 Å². The monoisotopic (exact) mass is 385 g/mol. The zero-order valence-corrected chi connectivity index (χ0v) is 14.4. The Hall–Kier alpha value is -3.28. The molecule has 0 atom stereocenters. The third kappa shape index (κ3) is 3.13. The summed E-state index contributed by atoms with van der Waals surface area (Å²) in [4.78, 5) is 26.3. The fourth-order valence-corrected chi connectivity index (χ4v) is 3.46. The average Bonchev–Trinajstić information content (AvgIpc) is 2.62. The number of aliphatic hydroxyl groups is 1. The number of rotatable bonds is 3. The Morgan fingerprint density at radius 3 is 2.73 bits per heavy atom. The number of fused-ring (bicyclic) bond motifs is 1. The predicted octanol–water partition coefficient (Wildman–Crippen LogP) is 4.17. The molecule has 0 spiro atoms. The molecule has 2 aromatic carbocycles. The lowest BCUT2D eigenvalue weighted by Gasteiger charge is -2.06. The van der Waals surface area contributed by atoms with Crippen molar-refractivity contribution in [3.05, 3.63) is 78.5 Å². The van der Waals surface area contributed by atoms with E-state index in [-0.39, 0.29) is 26.9 Å². The number of nitriles is 1. The molecular formula is C17H8ClN3O4S. The van der Waals surface area contributed by atoms with Crippen LogP contribution in [-0.2, 0) is 0 Å². The van der Waals surface area contributed by atoms with Gasteiger partial charge in [0.15, 0.2) is 0 Å². The van der Waals surface area contributed by atoms with Crippen molar-refractivity contribution < 1.29 is 10.0 Å². The van der Waals surface area contributed by atoms with Gasteiger partial charge in [0.05, 0.1) is 15.3 Å². The van der Waals surface area contributed by atoms with E-state index in [0.717, 1.165) is 17.4 Å². The Morgan fingerprint density at radius 1 is 1.31 bits per heavy atom. The van der Waals surface area contributed by atoms with E-state index >= 15 is 0 Å². The lowest BCUT2D eigenvalue weighted by atomic mass is 10.1. The maximum absolute atomic E-state index is 12.2. The van der Waals surface area contributed by atoms with Gasteiger partial charge in [0.25, 0.3) is 11.2 Å². The van der Waals surface area contributed by atoms with Crippen LogP contribution in [0.4, 0.5) is 5.69 Å². The van der Waals surface area contributed by atoms with Gasteiger partial charge in [-0.2, -0.15) is 10.2 Å². The van der Waals surface area contributed by atoms with E-state index in [0.29, 0.717) is 10.1 Å². The van der Waals surface area contributed by atoms with Crippen LogP contribution in [0, 0.1) is 21.4 Å². The first-order valence-corrected chi connectivity index (χ1v) is 8.29. The number of hydrogen-bond donors (Lipinski definition) is 1. The van der Waals surface area contributed by atoms with Crippen molar-refractivity contribution in [2.75, 3.05) is 0 Å². The normalized spacial score (nSPS) is 11.7. The number of nitrogens with zero attached hydrogens (tertiary/aromatic N) is 3. The summed E-state index contributed by atoms with van der Waals surface area (Å²) < 4.78 is 0.591. The van der Waals surface area contributed by atoms with E-state index in [9.17, 15) is 25.3 Å². The number of hydrogen-bond acceptors (Lipinski definition) is 7. The van der Waals surface area contributed by atoms with E-state index < -0.39 is 16.2 Å². The van der Waals surface area contributed by atoms with Gasteiger partial charge in [-0.1, -0.05) is 23.7 Å². The van der Waals surface area contributed by atoms with E-state index in [1.165, 1.54) is 12.1 Å². The van der Waals surface area contributed by atoms with Gasteiger partial charge in [-0.15, -0.1) is 11.3 Å². The first kappa shape index (κ1) is 17.5. The number of allylic oxidation sites excluding steroid dienone is 1. The molecule has 0 bridgehead atoms. The van der Waals surface area contributed by atoms with Crippen molar-refractivity contribution in [1.82, 2.24) is 4.98 Å². The number of halogens is 1. The molecule has 0 aliphatic rings. The Morgan fingerprint density at radius 2 is 2.04 bits per heavy atom. The van der Waals surface area contributed by atoms with E-state index in [4.69, 9.17) is 11.6 Å². The molecule has 0 fully saturated rings. The van der Waals surface area contributed by atoms with Crippen LogP contribution in [-0.4, -0.2) is 15.0 Å². The number of aromatic nitrogens is 1. The molecule has 0 aliphatic heterocycles. The van der Waals surface area contributed by atoms with Crippen molar-refractivity contribution in [1.29, 1.82) is 5.26 Å². The van der Waals surface area contributed by atoms with Gasteiger partial charge in [-0.05, 0) is 18.2 Å². The molecule has 0 aliphatic carbocycles. The Kier molecular flexibility index (Phi) is 4.67. The largest absolute Gasteiger partial charge is 0.506 e. The SMILES string of the molecule is N#C/C(=C(/O)c1cc([N+](=O)[O-])ccc1Cl)c1nc(=O)c2ccccc2s1. The van der Waals surface area contributed by atoms with Crippen molar-refractivity contribution >= 4 is 50.0 Å². The second-order valence-electron chi connectivity index (χ2n) is 5.08. The minimum atomic E-state index is -0.647. The highest BCUT2D eigenvalue weighted by molar-refractivity contribution is 7.19. The summed E-state index contributed by atoms with van der Waals surface area (Å²) in [5.74, 6) is -0.584. The summed E-state index contributed by atoms with van der Waals surface area (Å²) in [6.07, 6.45) is 0. The van der Waals surface area contributed by atoms with Gasteiger partial charge >= 0.3 is 0 Å². The molecule has 3 aromatic rings. The van der Waals surface area contributed by atoms with Crippen LogP contribution < -0.4 is 5.56 Å². The number of aliphatic hydroxyl groups excluding tert-OH is 1. The number of nitro benzene ring substituents is 1. The van der Waals surface area contributed by atoms with Gasteiger partial charge in [0, 0.05) is 22.4 Å². The Labute approximate surface area is 155 Å². The Bertz CT molecular complexity index is 1180. The maximum atomic E-state index is 12.2. The molecule has 128 valence electrons. The standard InChI is InChI=1S/C17H8ClN3O4S/c18-13-6-5-9(21(24)25)7-11(13)15(22)12(8-19)17-20-16(23)10-3-1-2-4-14(10)26-17/h1-7,22H/b15-12-. The molecule has 0 unspecified atom stereocenters.